The minimum absolute atomic E-state index is 0.0918. The molecule has 212 valence electrons. The molecule has 0 aromatic heterocycles. The van der Waals surface area contributed by atoms with Crippen molar-refractivity contribution in [2.45, 2.75) is 44.2 Å². The van der Waals surface area contributed by atoms with E-state index < -0.39 is 48.5 Å². The Kier molecular flexibility index (Phi) is 9.87. The summed E-state index contributed by atoms with van der Waals surface area (Å²) < 4.78 is 37.6. The second-order valence-corrected chi connectivity index (χ2v) is 9.15. The van der Waals surface area contributed by atoms with Crippen molar-refractivity contribution < 1.29 is 52.3 Å². The van der Waals surface area contributed by atoms with E-state index in [0.717, 1.165) is 11.6 Å². The van der Waals surface area contributed by atoms with Gasteiger partial charge in [-0.05, 0) is 56.2 Å². The molecule has 4 atom stereocenters. The van der Waals surface area contributed by atoms with Gasteiger partial charge in [-0.15, -0.1) is 0 Å². The van der Waals surface area contributed by atoms with Crippen molar-refractivity contribution in [2.75, 3.05) is 26.4 Å². The fourth-order valence-electron chi connectivity index (χ4n) is 4.11. The number of fused-ring (bicyclic) bond motifs is 1. The van der Waals surface area contributed by atoms with E-state index >= 15 is 0 Å². The maximum atomic E-state index is 12.7. The normalized spacial score (nSPS) is 21.1. The van der Waals surface area contributed by atoms with Crippen LogP contribution in [0.2, 0.25) is 0 Å². The summed E-state index contributed by atoms with van der Waals surface area (Å²) in [6.07, 6.45) is -1.23. The van der Waals surface area contributed by atoms with Gasteiger partial charge in [0, 0.05) is 6.08 Å². The Morgan fingerprint density at radius 2 is 1.30 bits per heavy atom. The van der Waals surface area contributed by atoms with Gasteiger partial charge in [-0.25, -0.2) is 19.2 Å². The summed E-state index contributed by atoms with van der Waals surface area (Å²) in [5, 5.41) is 0. The van der Waals surface area contributed by atoms with E-state index in [1.807, 2.05) is 19.1 Å². The zero-order chi connectivity index (χ0) is 28.5. The van der Waals surface area contributed by atoms with Gasteiger partial charge in [0.1, 0.15) is 18.0 Å². The van der Waals surface area contributed by atoms with Crippen LogP contribution in [0.1, 0.15) is 39.1 Å². The van der Waals surface area contributed by atoms with E-state index in [1.54, 1.807) is 12.1 Å². The number of benzene rings is 2. The summed E-state index contributed by atoms with van der Waals surface area (Å²) in [5.41, 5.74) is 1.70. The van der Waals surface area contributed by atoms with E-state index in [2.05, 4.69) is 6.58 Å². The first-order chi connectivity index (χ1) is 19.3. The largest absolute Gasteiger partial charge is 0.513 e. The van der Waals surface area contributed by atoms with E-state index in [1.165, 1.54) is 24.3 Å². The Morgan fingerprint density at radius 3 is 1.82 bits per heavy atom. The average Bonchev–Trinajstić information content (AvgIpc) is 3.54. The number of ether oxygens (including phenoxy) is 7. The van der Waals surface area contributed by atoms with Gasteiger partial charge < -0.3 is 33.2 Å². The van der Waals surface area contributed by atoms with E-state index in [0.29, 0.717) is 18.4 Å². The second-order valence-electron chi connectivity index (χ2n) is 9.15. The third kappa shape index (κ3) is 7.67. The monoisotopic (exact) mass is 554 g/mol. The van der Waals surface area contributed by atoms with Gasteiger partial charge in [-0.3, -0.25) is 0 Å². The third-order valence-electron chi connectivity index (χ3n) is 6.23. The molecule has 2 aliphatic rings. The Bertz CT molecular complexity index is 1210. The lowest BCUT2D eigenvalue weighted by molar-refractivity contribution is -0.137. The van der Waals surface area contributed by atoms with Crippen LogP contribution in [0, 0.1) is 6.92 Å². The van der Waals surface area contributed by atoms with Crippen LogP contribution in [0.25, 0.3) is 0 Å². The third-order valence-corrected chi connectivity index (χ3v) is 6.23. The zero-order valence-electron chi connectivity index (χ0n) is 21.9. The lowest BCUT2D eigenvalue weighted by atomic mass is 10.1. The number of hydrogen-bond acceptors (Lipinski definition) is 11. The number of hydrogen-bond donors (Lipinski definition) is 0. The maximum Gasteiger partial charge on any atom is 0.513 e. The SMILES string of the molecule is C=CC(=O)OCCCCOC(=O)Oc1ccc(C(=O)O[C@H]2COC3C2OC[C@@H]3OC(=O)c2ccc(C)cc2)cc1. The minimum atomic E-state index is -0.899. The van der Waals surface area contributed by atoms with Crippen LogP contribution in [0.5, 0.6) is 5.75 Å². The van der Waals surface area contributed by atoms with Crippen molar-refractivity contribution in [1.82, 2.24) is 0 Å². The fourth-order valence-corrected chi connectivity index (χ4v) is 4.11. The first-order valence-electron chi connectivity index (χ1n) is 12.8. The standard InChI is InChI=1S/C29H30O11/c1-3-24(30)34-14-4-5-15-35-29(33)38-21-12-10-20(11-13-21)28(32)40-23-17-37-25-22(16-36-26(23)25)39-27(31)19-8-6-18(2)7-9-19/h3,6-13,22-23,25-26H,1,4-5,14-17H2,2H3/t22-,23-,25?,26?/m0/s1. The predicted octanol–water partition coefficient (Wildman–Crippen LogP) is 3.57. The average molecular weight is 555 g/mol. The van der Waals surface area contributed by atoms with Gasteiger partial charge in [0.05, 0.1) is 37.6 Å². The molecule has 0 saturated carbocycles. The Hall–Kier alpha value is -4.22. The van der Waals surface area contributed by atoms with Crippen LogP contribution in [0.15, 0.2) is 61.2 Å². The molecule has 2 aromatic rings. The van der Waals surface area contributed by atoms with Crippen LogP contribution in [-0.4, -0.2) is 74.9 Å². The molecular formula is C29H30O11. The van der Waals surface area contributed by atoms with Gasteiger partial charge >= 0.3 is 24.1 Å². The summed E-state index contributed by atoms with van der Waals surface area (Å²) >= 11 is 0. The van der Waals surface area contributed by atoms with Crippen LogP contribution < -0.4 is 4.74 Å². The van der Waals surface area contributed by atoms with E-state index in [4.69, 9.17) is 33.2 Å². The molecule has 11 heteroatoms. The number of aryl methyl sites for hydroxylation is 1. The summed E-state index contributed by atoms with van der Waals surface area (Å²) in [6.45, 7) is 5.75. The van der Waals surface area contributed by atoms with Crippen LogP contribution in [-0.2, 0) is 33.2 Å². The van der Waals surface area contributed by atoms with Crippen molar-refractivity contribution in [3.05, 3.63) is 77.9 Å². The highest BCUT2D eigenvalue weighted by molar-refractivity contribution is 5.90. The molecule has 0 bridgehead atoms. The van der Waals surface area contributed by atoms with Crippen molar-refractivity contribution in [3.8, 4) is 5.75 Å². The molecule has 2 unspecified atom stereocenters. The van der Waals surface area contributed by atoms with Crippen molar-refractivity contribution in [2.24, 2.45) is 0 Å². The molecule has 2 heterocycles. The highest BCUT2D eigenvalue weighted by Gasteiger charge is 2.51. The van der Waals surface area contributed by atoms with Gasteiger partial charge in [-0.1, -0.05) is 24.3 Å². The Morgan fingerprint density at radius 1 is 0.800 bits per heavy atom. The summed E-state index contributed by atoms with van der Waals surface area (Å²) in [6, 6.07) is 12.8. The molecule has 0 radical (unpaired) electrons. The quantitative estimate of drug-likeness (QED) is 0.133. The molecular weight excluding hydrogens is 524 g/mol. The van der Waals surface area contributed by atoms with Gasteiger partial charge in [0.15, 0.2) is 12.2 Å². The van der Waals surface area contributed by atoms with Crippen molar-refractivity contribution >= 4 is 24.1 Å². The summed E-state index contributed by atoms with van der Waals surface area (Å²) in [7, 11) is 0. The summed E-state index contributed by atoms with van der Waals surface area (Å²) in [4.78, 5) is 48.0. The Labute approximate surface area is 230 Å². The van der Waals surface area contributed by atoms with Gasteiger partial charge in [0.25, 0.3) is 0 Å². The molecule has 2 aromatic carbocycles. The van der Waals surface area contributed by atoms with E-state index in [9.17, 15) is 19.2 Å². The van der Waals surface area contributed by atoms with E-state index in [-0.39, 0.29) is 37.7 Å². The molecule has 4 rings (SSSR count). The minimum Gasteiger partial charge on any atom is -0.463 e. The van der Waals surface area contributed by atoms with Crippen LogP contribution in [0.4, 0.5) is 4.79 Å². The number of rotatable bonds is 11. The molecule has 0 aliphatic carbocycles. The van der Waals surface area contributed by atoms with Crippen molar-refractivity contribution in [1.29, 1.82) is 0 Å². The number of esters is 3. The molecule has 2 fully saturated rings. The van der Waals surface area contributed by atoms with Crippen LogP contribution in [0.3, 0.4) is 0 Å². The zero-order valence-corrected chi connectivity index (χ0v) is 21.9. The molecule has 0 N–H and O–H groups in total. The smallest absolute Gasteiger partial charge is 0.463 e. The lowest BCUT2D eigenvalue weighted by Crippen LogP contribution is -2.36. The summed E-state index contributed by atoms with van der Waals surface area (Å²) in [5.74, 6) is -1.41. The number of carbonyl (C=O) groups excluding carboxylic acids is 4. The molecule has 2 saturated heterocycles. The molecule has 0 amide bonds. The maximum absolute atomic E-state index is 12.7. The number of unbranched alkanes of at least 4 members (excludes halogenated alkanes) is 1. The fraction of sp³-hybridized carbons (Fsp3) is 0.379. The highest BCUT2D eigenvalue weighted by Crippen LogP contribution is 2.31. The molecule has 40 heavy (non-hydrogen) atoms. The van der Waals surface area contributed by atoms with Crippen molar-refractivity contribution in [3.63, 3.8) is 0 Å². The predicted molar refractivity (Wildman–Crippen MR) is 138 cm³/mol. The lowest BCUT2D eigenvalue weighted by Gasteiger charge is -2.17. The van der Waals surface area contributed by atoms with Gasteiger partial charge in [-0.2, -0.15) is 0 Å². The Balaban J connectivity index is 1.19. The van der Waals surface area contributed by atoms with Gasteiger partial charge in [0.2, 0.25) is 0 Å². The molecule has 0 spiro atoms. The first-order valence-corrected chi connectivity index (χ1v) is 12.8. The molecule has 2 aliphatic heterocycles. The second kappa shape index (κ2) is 13.7. The number of carbonyl (C=O) groups is 4. The topological polar surface area (TPSA) is 133 Å². The first kappa shape index (κ1) is 28.8. The van der Waals surface area contributed by atoms with Crippen LogP contribution >= 0.6 is 0 Å². The molecule has 11 nitrogen and oxygen atoms in total. The highest BCUT2D eigenvalue weighted by atomic mass is 16.7.